The Balaban J connectivity index is 0. The normalized spacial score (nSPS) is 11.9. The highest BCUT2D eigenvalue weighted by atomic mass is 16.1. The summed E-state index contributed by atoms with van der Waals surface area (Å²) in [6, 6.07) is 0. The summed E-state index contributed by atoms with van der Waals surface area (Å²) in [5.74, 6) is 0.525. The molecule has 0 heterocycles. The lowest BCUT2D eigenvalue weighted by Gasteiger charge is -2.10. The number of rotatable bonds is 27. The average Bonchev–Trinajstić information content (AvgIpc) is 2.85. The Labute approximate surface area is 234 Å². The largest absolute Gasteiger partial charge is 0.312 e. The maximum atomic E-state index is 12.3. The first kappa shape index (κ1) is 38.4. The number of nitrogens with zero attached hydrogens (tertiary/aromatic N) is 1. The molecule has 0 saturated heterocycles. The molecule has 3 nitrogen and oxygen atoms in total. The van der Waals surface area contributed by atoms with Crippen LogP contribution in [0.5, 0.6) is 0 Å². The molecule has 0 fully saturated rings. The Bertz CT molecular complexity index is 472. The number of ketones is 2. The number of Topliss-reactive ketones (excluding diaryl/α,β-unsaturated/α-hetero) is 2. The van der Waals surface area contributed by atoms with Crippen LogP contribution >= 0.6 is 0 Å². The molecule has 0 amide bonds. The highest BCUT2D eigenvalue weighted by Gasteiger charge is 2.16. The molecular weight excluding hydrogens is 454 g/mol. The van der Waals surface area contributed by atoms with Gasteiger partial charge in [0, 0.05) is 25.2 Å². The summed E-state index contributed by atoms with van der Waals surface area (Å²) in [4.78, 5) is 26.6. The van der Waals surface area contributed by atoms with Crippen LogP contribution in [0.1, 0.15) is 181 Å². The second-order valence-corrected chi connectivity index (χ2v) is 12.0. The average molecular weight is 524 g/mol. The number of hydrogen-bond donors (Lipinski definition) is 0. The van der Waals surface area contributed by atoms with Crippen LogP contribution in [-0.2, 0) is 9.59 Å². The van der Waals surface area contributed by atoms with Crippen molar-refractivity contribution < 1.29 is 9.59 Å². The minimum Gasteiger partial charge on any atom is -0.312 e. The van der Waals surface area contributed by atoms with Crippen molar-refractivity contribution in [3.8, 4) is 0 Å². The number of carbonyl (C=O) groups is 2. The van der Waals surface area contributed by atoms with Crippen LogP contribution in [0.4, 0.5) is 0 Å². The summed E-state index contributed by atoms with van der Waals surface area (Å²) in [5, 5.41) is 0. The lowest BCUT2D eigenvalue weighted by molar-refractivity contribution is -0.127. The van der Waals surface area contributed by atoms with Gasteiger partial charge in [0.25, 0.3) is 0 Å². The van der Waals surface area contributed by atoms with Gasteiger partial charge in [-0.2, -0.15) is 0 Å². The van der Waals surface area contributed by atoms with E-state index < -0.39 is 0 Å². The van der Waals surface area contributed by atoms with E-state index in [0.29, 0.717) is 30.8 Å². The monoisotopic (exact) mass is 524 g/mol. The Kier molecular flexibility index (Phi) is 32.8. The molecular formula is C34H69NO2. The first-order valence-electron chi connectivity index (χ1n) is 16.5. The van der Waals surface area contributed by atoms with Gasteiger partial charge >= 0.3 is 0 Å². The molecule has 0 aliphatic rings. The van der Waals surface area contributed by atoms with E-state index in [2.05, 4.69) is 13.8 Å². The molecule has 37 heavy (non-hydrogen) atoms. The van der Waals surface area contributed by atoms with Gasteiger partial charge in [-0.15, -0.1) is 0 Å². The molecule has 0 radical (unpaired) electrons. The third kappa shape index (κ3) is 35.3. The summed E-state index contributed by atoms with van der Waals surface area (Å²) in [5.41, 5.74) is 0. The Morgan fingerprint density at radius 1 is 0.486 bits per heavy atom. The fourth-order valence-electron chi connectivity index (χ4n) is 4.75. The topological polar surface area (TPSA) is 37.4 Å². The highest BCUT2D eigenvalue weighted by Crippen LogP contribution is 2.16. The predicted octanol–water partition coefficient (Wildman–Crippen LogP) is 10.7. The van der Waals surface area contributed by atoms with E-state index in [1.165, 1.54) is 128 Å². The summed E-state index contributed by atoms with van der Waals surface area (Å²) in [7, 11) is 6.00. The van der Waals surface area contributed by atoms with Crippen LogP contribution < -0.4 is 0 Å². The van der Waals surface area contributed by atoms with Crippen LogP contribution in [0.2, 0.25) is 0 Å². The Hall–Kier alpha value is -0.700. The van der Waals surface area contributed by atoms with Crippen molar-refractivity contribution >= 4 is 11.6 Å². The van der Waals surface area contributed by atoms with Crippen molar-refractivity contribution in [3.63, 3.8) is 0 Å². The molecule has 3 heteroatoms. The van der Waals surface area contributed by atoms with Crippen molar-refractivity contribution in [1.82, 2.24) is 4.90 Å². The zero-order chi connectivity index (χ0) is 28.0. The Morgan fingerprint density at radius 2 is 0.757 bits per heavy atom. The van der Waals surface area contributed by atoms with Gasteiger partial charge in [0.2, 0.25) is 0 Å². The lowest BCUT2D eigenvalue weighted by Crippen LogP contribution is -2.15. The number of hydrogen-bond acceptors (Lipinski definition) is 3. The third-order valence-electron chi connectivity index (χ3n) is 7.17. The van der Waals surface area contributed by atoms with Crippen molar-refractivity contribution in [2.75, 3.05) is 21.1 Å². The van der Waals surface area contributed by atoms with Crippen LogP contribution in [0.15, 0.2) is 0 Å². The van der Waals surface area contributed by atoms with Gasteiger partial charge in [-0.1, -0.05) is 149 Å². The van der Waals surface area contributed by atoms with Gasteiger partial charge < -0.3 is 4.90 Å². The molecule has 1 unspecified atom stereocenters. The molecule has 0 bridgehead atoms. The summed E-state index contributed by atoms with van der Waals surface area (Å²) in [6.07, 6.45) is 30.6. The molecule has 0 spiro atoms. The molecule has 1 atom stereocenters. The minimum atomic E-state index is -0.0756. The van der Waals surface area contributed by atoms with Crippen LogP contribution in [-0.4, -0.2) is 37.6 Å². The van der Waals surface area contributed by atoms with Crippen LogP contribution in [0.25, 0.3) is 0 Å². The first-order chi connectivity index (χ1) is 17.8. The van der Waals surface area contributed by atoms with E-state index in [1.807, 2.05) is 33.0 Å². The molecule has 0 rings (SSSR count). The van der Waals surface area contributed by atoms with Crippen molar-refractivity contribution in [2.24, 2.45) is 5.92 Å². The fourth-order valence-corrected chi connectivity index (χ4v) is 4.75. The van der Waals surface area contributed by atoms with E-state index in [9.17, 15) is 9.59 Å². The van der Waals surface area contributed by atoms with E-state index >= 15 is 0 Å². The maximum Gasteiger partial charge on any atom is 0.136 e. The molecule has 0 aromatic heterocycles. The molecule has 0 saturated carbocycles. The van der Waals surface area contributed by atoms with E-state index in [0.717, 1.165) is 12.8 Å². The first-order valence-corrected chi connectivity index (χ1v) is 16.5. The van der Waals surface area contributed by atoms with Gasteiger partial charge in [0.05, 0.1) is 0 Å². The number of carbonyl (C=O) groups excluding carboxylic acids is 2. The molecule has 0 aliphatic carbocycles. The SMILES string of the molecule is CCCCCCCCCCCCCC(=O)CC(C)C(=O)CCCCCCCCCCCCC.CN(C)C. The molecule has 0 aromatic carbocycles. The lowest BCUT2D eigenvalue weighted by atomic mass is 9.93. The quantitative estimate of drug-likeness (QED) is 0.100. The summed E-state index contributed by atoms with van der Waals surface area (Å²) in [6.45, 7) is 6.49. The summed E-state index contributed by atoms with van der Waals surface area (Å²) >= 11 is 0. The fraction of sp³-hybridized carbons (Fsp3) is 0.941. The van der Waals surface area contributed by atoms with Gasteiger partial charge in [-0.25, -0.2) is 0 Å². The van der Waals surface area contributed by atoms with Gasteiger partial charge in [-0.05, 0) is 34.0 Å². The molecule has 222 valence electrons. The summed E-state index contributed by atoms with van der Waals surface area (Å²) < 4.78 is 0. The van der Waals surface area contributed by atoms with E-state index in [4.69, 9.17) is 0 Å². The predicted molar refractivity (Wildman–Crippen MR) is 166 cm³/mol. The van der Waals surface area contributed by atoms with Gasteiger partial charge in [-0.3, -0.25) is 9.59 Å². The second-order valence-electron chi connectivity index (χ2n) is 12.0. The van der Waals surface area contributed by atoms with Crippen LogP contribution in [0.3, 0.4) is 0 Å². The van der Waals surface area contributed by atoms with E-state index in [1.54, 1.807) is 0 Å². The zero-order valence-corrected chi connectivity index (χ0v) is 26.5. The standard InChI is InChI=1S/C31H60O2.C3H9N/c1-4-6-8-10-12-14-16-18-20-22-24-26-30(32)28-29(3)31(33)27-25-23-21-19-17-15-13-11-9-7-5-2;1-4(2)3/h29H,4-28H2,1-3H3;1-3H3. The van der Waals surface area contributed by atoms with Crippen molar-refractivity contribution in [3.05, 3.63) is 0 Å². The maximum absolute atomic E-state index is 12.3. The van der Waals surface area contributed by atoms with Gasteiger partial charge in [0.1, 0.15) is 11.6 Å². The van der Waals surface area contributed by atoms with Crippen LogP contribution in [0, 0.1) is 5.92 Å². The minimum absolute atomic E-state index is 0.0756. The van der Waals surface area contributed by atoms with Crippen molar-refractivity contribution in [1.29, 1.82) is 0 Å². The highest BCUT2D eigenvalue weighted by molar-refractivity contribution is 5.87. The van der Waals surface area contributed by atoms with Gasteiger partial charge in [0.15, 0.2) is 0 Å². The third-order valence-corrected chi connectivity index (χ3v) is 7.17. The van der Waals surface area contributed by atoms with Crippen molar-refractivity contribution in [2.45, 2.75) is 181 Å². The smallest absolute Gasteiger partial charge is 0.136 e. The Morgan fingerprint density at radius 3 is 1.08 bits per heavy atom. The molecule has 0 N–H and O–H groups in total. The zero-order valence-electron chi connectivity index (χ0n) is 26.5. The molecule has 0 aliphatic heterocycles. The molecule has 0 aromatic rings. The second kappa shape index (κ2) is 31.5. The number of unbranched alkanes of at least 4 members (excludes halogenated alkanes) is 20. The van der Waals surface area contributed by atoms with E-state index in [-0.39, 0.29) is 5.92 Å².